The predicted octanol–water partition coefficient (Wildman–Crippen LogP) is 0.0701. The zero-order chi connectivity index (χ0) is 14.5. The van der Waals surface area contributed by atoms with E-state index in [1.54, 1.807) is 15.6 Å². The van der Waals surface area contributed by atoms with Gasteiger partial charge in [0.25, 0.3) is 0 Å². The highest BCUT2D eigenvalue weighted by Crippen LogP contribution is 2.15. The van der Waals surface area contributed by atoms with Gasteiger partial charge in [0, 0.05) is 24.8 Å². The summed E-state index contributed by atoms with van der Waals surface area (Å²) in [6.45, 7) is 4.71. The van der Waals surface area contributed by atoms with Crippen LogP contribution in [-0.4, -0.2) is 56.3 Å². The summed E-state index contributed by atoms with van der Waals surface area (Å²) in [6, 6.07) is 3.77. The van der Waals surface area contributed by atoms with Gasteiger partial charge in [-0.1, -0.05) is 0 Å². The van der Waals surface area contributed by atoms with Crippen LogP contribution < -0.4 is 4.90 Å². The summed E-state index contributed by atoms with van der Waals surface area (Å²) in [5, 5.41) is 22.5. The van der Waals surface area contributed by atoms with Crippen molar-refractivity contribution in [3.63, 3.8) is 0 Å². The molecule has 0 aromatic carbocycles. The second kappa shape index (κ2) is 6.44. The van der Waals surface area contributed by atoms with Crippen molar-refractivity contribution in [2.45, 2.75) is 13.8 Å². The van der Waals surface area contributed by atoms with Gasteiger partial charge in [0.15, 0.2) is 5.82 Å². The summed E-state index contributed by atoms with van der Waals surface area (Å²) in [5.41, 5.74) is 1.91. The van der Waals surface area contributed by atoms with E-state index in [-0.39, 0.29) is 13.2 Å². The minimum absolute atomic E-state index is 0.000752. The molecule has 0 atom stereocenters. The van der Waals surface area contributed by atoms with E-state index in [2.05, 4.69) is 15.1 Å². The summed E-state index contributed by atoms with van der Waals surface area (Å²) in [4.78, 5) is 10.2. The third-order valence-electron chi connectivity index (χ3n) is 2.93. The average Bonchev–Trinajstić information content (AvgIpc) is 2.78. The first-order valence-electron chi connectivity index (χ1n) is 6.48. The van der Waals surface area contributed by atoms with Crippen LogP contribution in [0.25, 0.3) is 5.82 Å². The Morgan fingerprint density at radius 2 is 1.80 bits per heavy atom. The molecule has 2 rings (SSSR count). The van der Waals surface area contributed by atoms with E-state index in [1.807, 2.05) is 19.9 Å². The van der Waals surface area contributed by atoms with E-state index in [0.29, 0.717) is 24.7 Å². The van der Waals surface area contributed by atoms with E-state index in [1.165, 1.54) is 6.33 Å². The minimum atomic E-state index is -0.000752. The molecule has 0 aliphatic carbocycles. The number of hydrogen-bond donors (Lipinski definition) is 2. The predicted molar refractivity (Wildman–Crippen MR) is 75.0 cm³/mol. The highest BCUT2D eigenvalue weighted by molar-refractivity contribution is 5.43. The molecular weight excluding hydrogens is 258 g/mol. The fraction of sp³-hybridized carbons (Fsp3) is 0.462. The first-order chi connectivity index (χ1) is 9.65. The number of aromatic nitrogens is 4. The van der Waals surface area contributed by atoms with Gasteiger partial charge < -0.3 is 15.1 Å². The summed E-state index contributed by atoms with van der Waals surface area (Å²) in [5.74, 6) is 1.33. The monoisotopic (exact) mass is 277 g/mol. The standard InChI is InChI=1S/C13H19N5O2/c1-10-7-11(2)18(16-10)13-8-12(14-9-15-13)17(3-5-19)4-6-20/h7-9,19-20H,3-6H2,1-2H3. The molecule has 7 heteroatoms. The molecule has 108 valence electrons. The highest BCUT2D eigenvalue weighted by Gasteiger charge is 2.11. The molecular formula is C13H19N5O2. The summed E-state index contributed by atoms with van der Waals surface area (Å²) in [6.07, 6.45) is 1.46. The zero-order valence-corrected chi connectivity index (χ0v) is 11.7. The number of anilines is 1. The van der Waals surface area contributed by atoms with Gasteiger partial charge >= 0.3 is 0 Å². The van der Waals surface area contributed by atoms with Crippen molar-refractivity contribution in [2.24, 2.45) is 0 Å². The molecule has 0 spiro atoms. The normalized spacial score (nSPS) is 10.8. The Kier molecular flexibility index (Phi) is 4.65. The summed E-state index contributed by atoms with van der Waals surface area (Å²) in [7, 11) is 0. The maximum Gasteiger partial charge on any atom is 0.159 e. The van der Waals surface area contributed by atoms with Crippen LogP contribution in [0.3, 0.4) is 0 Å². The van der Waals surface area contributed by atoms with Gasteiger partial charge in [-0.3, -0.25) is 0 Å². The SMILES string of the molecule is Cc1cc(C)n(-c2cc(N(CCO)CCO)ncn2)n1. The van der Waals surface area contributed by atoms with Crippen molar-refractivity contribution in [3.05, 3.63) is 29.8 Å². The minimum Gasteiger partial charge on any atom is -0.395 e. The van der Waals surface area contributed by atoms with Crippen LogP contribution in [0.5, 0.6) is 0 Å². The number of aryl methyl sites for hydroxylation is 2. The van der Waals surface area contributed by atoms with Gasteiger partial charge in [-0.05, 0) is 19.9 Å². The van der Waals surface area contributed by atoms with Gasteiger partial charge in [-0.15, -0.1) is 0 Å². The molecule has 20 heavy (non-hydrogen) atoms. The second-order valence-electron chi connectivity index (χ2n) is 4.51. The largest absolute Gasteiger partial charge is 0.395 e. The Bertz CT molecular complexity index is 564. The number of hydrogen-bond acceptors (Lipinski definition) is 6. The molecule has 2 heterocycles. The van der Waals surface area contributed by atoms with Crippen LogP contribution in [0.1, 0.15) is 11.4 Å². The molecule has 0 saturated heterocycles. The lowest BCUT2D eigenvalue weighted by Gasteiger charge is -2.21. The topological polar surface area (TPSA) is 87.3 Å². The van der Waals surface area contributed by atoms with Crippen LogP contribution in [0.4, 0.5) is 5.82 Å². The van der Waals surface area contributed by atoms with Crippen molar-refractivity contribution in [1.29, 1.82) is 0 Å². The smallest absolute Gasteiger partial charge is 0.159 e. The number of nitrogens with zero attached hydrogens (tertiary/aromatic N) is 5. The summed E-state index contributed by atoms with van der Waals surface area (Å²) >= 11 is 0. The van der Waals surface area contributed by atoms with E-state index < -0.39 is 0 Å². The van der Waals surface area contributed by atoms with E-state index in [9.17, 15) is 0 Å². The average molecular weight is 277 g/mol. The lowest BCUT2D eigenvalue weighted by molar-refractivity contribution is 0.280. The molecule has 0 aliphatic heterocycles. The Labute approximate surface area is 117 Å². The third-order valence-corrected chi connectivity index (χ3v) is 2.93. The van der Waals surface area contributed by atoms with Crippen LogP contribution in [-0.2, 0) is 0 Å². The lowest BCUT2D eigenvalue weighted by Crippen LogP contribution is -2.30. The highest BCUT2D eigenvalue weighted by atomic mass is 16.3. The fourth-order valence-electron chi connectivity index (χ4n) is 2.07. The molecule has 2 aromatic heterocycles. The van der Waals surface area contributed by atoms with E-state index in [4.69, 9.17) is 10.2 Å². The zero-order valence-electron chi connectivity index (χ0n) is 11.7. The van der Waals surface area contributed by atoms with Gasteiger partial charge in [-0.2, -0.15) is 5.10 Å². The van der Waals surface area contributed by atoms with E-state index >= 15 is 0 Å². The first-order valence-corrected chi connectivity index (χ1v) is 6.48. The second-order valence-corrected chi connectivity index (χ2v) is 4.51. The van der Waals surface area contributed by atoms with Crippen molar-refractivity contribution in [2.75, 3.05) is 31.2 Å². The van der Waals surface area contributed by atoms with Gasteiger partial charge in [0.2, 0.25) is 0 Å². The van der Waals surface area contributed by atoms with Crippen molar-refractivity contribution >= 4 is 5.82 Å². The Morgan fingerprint density at radius 3 is 2.35 bits per heavy atom. The van der Waals surface area contributed by atoms with Crippen molar-refractivity contribution in [3.8, 4) is 5.82 Å². The molecule has 2 aromatic rings. The number of aliphatic hydroxyl groups excluding tert-OH is 2. The van der Waals surface area contributed by atoms with Gasteiger partial charge in [0.1, 0.15) is 12.1 Å². The molecule has 0 fully saturated rings. The van der Waals surface area contributed by atoms with Crippen molar-refractivity contribution < 1.29 is 10.2 Å². The Balaban J connectivity index is 2.33. The molecule has 0 saturated carbocycles. The van der Waals surface area contributed by atoms with Crippen molar-refractivity contribution in [1.82, 2.24) is 19.7 Å². The van der Waals surface area contributed by atoms with Gasteiger partial charge in [0.05, 0.1) is 18.9 Å². The first kappa shape index (κ1) is 14.4. The number of aliphatic hydroxyl groups is 2. The third kappa shape index (κ3) is 3.12. The molecule has 0 bridgehead atoms. The molecule has 0 aliphatic rings. The molecule has 2 N–H and O–H groups in total. The van der Waals surface area contributed by atoms with E-state index in [0.717, 1.165) is 11.4 Å². The van der Waals surface area contributed by atoms with Crippen LogP contribution in [0, 0.1) is 13.8 Å². The summed E-state index contributed by atoms with van der Waals surface area (Å²) < 4.78 is 1.75. The molecule has 0 radical (unpaired) electrons. The maximum atomic E-state index is 9.07. The van der Waals surface area contributed by atoms with Crippen LogP contribution >= 0.6 is 0 Å². The molecule has 7 nitrogen and oxygen atoms in total. The lowest BCUT2D eigenvalue weighted by atomic mass is 10.4. The van der Waals surface area contributed by atoms with Crippen LogP contribution in [0.15, 0.2) is 18.5 Å². The Hall–Kier alpha value is -1.99. The van der Waals surface area contributed by atoms with Gasteiger partial charge in [-0.25, -0.2) is 14.6 Å². The Morgan fingerprint density at radius 1 is 1.10 bits per heavy atom. The maximum absolute atomic E-state index is 9.07. The van der Waals surface area contributed by atoms with Crippen LogP contribution in [0.2, 0.25) is 0 Å². The quantitative estimate of drug-likeness (QED) is 0.777. The fourth-order valence-corrected chi connectivity index (χ4v) is 2.07. The molecule has 0 amide bonds. The molecule has 0 unspecified atom stereocenters. The number of rotatable bonds is 6.